The first-order valence-corrected chi connectivity index (χ1v) is 7.85. The first kappa shape index (κ1) is 14.5. The number of aromatic nitrogens is 3. The maximum atomic E-state index is 5.76. The zero-order valence-corrected chi connectivity index (χ0v) is 13.1. The number of ether oxygens (including phenoxy) is 3. The molecule has 0 spiro atoms. The fourth-order valence-electron chi connectivity index (χ4n) is 2.96. The van der Waals surface area contributed by atoms with Crippen LogP contribution in [0.4, 0.5) is 0 Å². The molecule has 0 radical (unpaired) electrons. The van der Waals surface area contributed by atoms with Crippen LogP contribution >= 0.6 is 0 Å². The third-order valence-corrected chi connectivity index (χ3v) is 4.25. The van der Waals surface area contributed by atoms with Gasteiger partial charge in [0, 0.05) is 25.6 Å². The van der Waals surface area contributed by atoms with Gasteiger partial charge in [-0.25, -0.2) is 4.68 Å². The van der Waals surface area contributed by atoms with Gasteiger partial charge in [0.05, 0.1) is 24.6 Å². The van der Waals surface area contributed by atoms with Crippen molar-refractivity contribution < 1.29 is 14.2 Å². The second-order valence-corrected chi connectivity index (χ2v) is 6.00. The summed E-state index contributed by atoms with van der Waals surface area (Å²) in [5.74, 6) is 2.02. The number of hydrogen-bond donors (Lipinski definition) is 1. The van der Waals surface area contributed by atoms with E-state index in [4.69, 9.17) is 14.2 Å². The summed E-state index contributed by atoms with van der Waals surface area (Å²) in [7, 11) is 0. The third kappa shape index (κ3) is 3.02. The van der Waals surface area contributed by atoms with Gasteiger partial charge in [-0.15, -0.1) is 5.10 Å². The van der Waals surface area contributed by atoms with Crippen LogP contribution in [-0.4, -0.2) is 34.9 Å². The third-order valence-electron chi connectivity index (χ3n) is 4.25. The van der Waals surface area contributed by atoms with Crippen LogP contribution in [0, 0.1) is 12.8 Å². The van der Waals surface area contributed by atoms with Crippen LogP contribution in [-0.2, 0) is 24.4 Å². The molecular weight excluding hydrogens is 296 g/mol. The average Bonchev–Trinajstić information content (AvgIpc) is 3.09. The molecule has 0 saturated heterocycles. The minimum Gasteiger partial charge on any atom is -0.454 e. The Kier molecular flexibility index (Phi) is 3.88. The fourth-order valence-corrected chi connectivity index (χ4v) is 2.96. The van der Waals surface area contributed by atoms with Crippen molar-refractivity contribution in [2.45, 2.75) is 26.6 Å². The summed E-state index contributed by atoms with van der Waals surface area (Å²) in [5.41, 5.74) is 3.23. The minimum absolute atomic E-state index is 0.311. The molecule has 2 aromatic rings. The van der Waals surface area contributed by atoms with Crippen molar-refractivity contribution in [2.24, 2.45) is 5.92 Å². The molecule has 7 heteroatoms. The van der Waals surface area contributed by atoms with E-state index in [0.29, 0.717) is 19.3 Å². The smallest absolute Gasteiger partial charge is 0.231 e. The van der Waals surface area contributed by atoms with Gasteiger partial charge < -0.3 is 19.5 Å². The zero-order valence-electron chi connectivity index (χ0n) is 13.1. The van der Waals surface area contributed by atoms with Crippen LogP contribution in [0.5, 0.6) is 11.5 Å². The molecule has 0 fully saturated rings. The van der Waals surface area contributed by atoms with Crippen LogP contribution in [0.15, 0.2) is 18.2 Å². The summed E-state index contributed by atoms with van der Waals surface area (Å²) >= 11 is 0. The number of hydrogen-bond acceptors (Lipinski definition) is 6. The molecule has 23 heavy (non-hydrogen) atoms. The van der Waals surface area contributed by atoms with E-state index >= 15 is 0 Å². The standard InChI is InChI=1S/C16H20N4O3/c1-11-14-9-21-8-13(7-20(14)19-18-11)6-17-5-12-2-3-15-16(4-12)23-10-22-15/h2-4,13,17H,5-10H2,1H3. The Morgan fingerprint density at radius 2 is 2.22 bits per heavy atom. The molecule has 4 rings (SSSR count). The number of fused-ring (bicyclic) bond motifs is 2. The molecule has 7 nitrogen and oxygen atoms in total. The number of benzene rings is 1. The Balaban J connectivity index is 1.33. The van der Waals surface area contributed by atoms with Crippen LogP contribution in [0.2, 0.25) is 0 Å². The Hall–Kier alpha value is -2.12. The summed E-state index contributed by atoms with van der Waals surface area (Å²) in [4.78, 5) is 0. The van der Waals surface area contributed by atoms with E-state index in [1.807, 2.05) is 23.7 Å². The molecule has 1 unspecified atom stereocenters. The van der Waals surface area contributed by atoms with Crippen molar-refractivity contribution in [3.05, 3.63) is 35.2 Å². The molecule has 0 saturated carbocycles. The van der Waals surface area contributed by atoms with E-state index in [1.54, 1.807) is 0 Å². The zero-order chi connectivity index (χ0) is 15.6. The fraction of sp³-hybridized carbons (Fsp3) is 0.500. The van der Waals surface area contributed by atoms with Gasteiger partial charge in [0.25, 0.3) is 0 Å². The monoisotopic (exact) mass is 316 g/mol. The molecule has 122 valence electrons. The molecule has 1 aromatic heterocycles. The molecule has 3 heterocycles. The summed E-state index contributed by atoms with van der Waals surface area (Å²) in [6.07, 6.45) is 0. The van der Waals surface area contributed by atoms with Gasteiger partial charge in [-0.3, -0.25) is 0 Å². The van der Waals surface area contributed by atoms with Crippen molar-refractivity contribution >= 4 is 0 Å². The van der Waals surface area contributed by atoms with Crippen molar-refractivity contribution in [2.75, 3.05) is 19.9 Å². The van der Waals surface area contributed by atoms with E-state index in [-0.39, 0.29) is 0 Å². The molecule has 0 amide bonds. The number of aryl methyl sites for hydroxylation is 1. The van der Waals surface area contributed by atoms with Crippen molar-refractivity contribution in [1.82, 2.24) is 20.3 Å². The van der Waals surface area contributed by atoms with E-state index in [1.165, 1.54) is 5.56 Å². The van der Waals surface area contributed by atoms with Gasteiger partial charge in [0.2, 0.25) is 6.79 Å². The molecule has 1 N–H and O–H groups in total. The van der Waals surface area contributed by atoms with E-state index in [0.717, 1.165) is 49.1 Å². The van der Waals surface area contributed by atoms with Crippen LogP contribution < -0.4 is 14.8 Å². The van der Waals surface area contributed by atoms with Gasteiger partial charge in [0.1, 0.15) is 0 Å². The summed E-state index contributed by atoms with van der Waals surface area (Å²) in [5, 5.41) is 11.8. The topological polar surface area (TPSA) is 70.4 Å². The van der Waals surface area contributed by atoms with Gasteiger partial charge in [-0.2, -0.15) is 0 Å². The molecule has 1 atom stereocenters. The van der Waals surface area contributed by atoms with Crippen LogP contribution in [0.25, 0.3) is 0 Å². The molecule has 0 aliphatic carbocycles. The highest BCUT2D eigenvalue weighted by atomic mass is 16.7. The summed E-state index contributed by atoms with van der Waals surface area (Å²) in [6.45, 7) is 6.10. The van der Waals surface area contributed by atoms with Crippen LogP contribution in [0.1, 0.15) is 17.0 Å². The van der Waals surface area contributed by atoms with Crippen molar-refractivity contribution in [3.8, 4) is 11.5 Å². The highest BCUT2D eigenvalue weighted by Crippen LogP contribution is 2.32. The lowest BCUT2D eigenvalue weighted by molar-refractivity contribution is 0.0936. The Morgan fingerprint density at radius 3 is 3.17 bits per heavy atom. The lowest BCUT2D eigenvalue weighted by Gasteiger charge is -2.15. The summed E-state index contributed by atoms with van der Waals surface area (Å²) in [6, 6.07) is 6.04. The number of rotatable bonds is 4. The van der Waals surface area contributed by atoms with Gasteiger partial charge in [-0.05, 0) is 24.6 Å². The molecule has 2 aliphatic rings. The Labute approximate surface area is 134 Å². The minimum atomic E-state index is 0.311. The van der Waals surface area contributed by atoms with Crippen molar-refractivity contribution in [1.29, 1.82) is 0 Å². The maximum Gasteiger partial charge on any atom is 0.231 e. The van der Waals surface area contributed by atoms with E-state index < -0.39 is 0 Å². The maximum absolute atomic E-state index is 5.76. The molecular formula is C16H20N4O3. The average molecular weight is 316 g/mol. The Morgan fingerprint density at radius 1 is 1.30 bits per heavy atom. The van der Waals surface area contributed by atoms with Gasteiger partial charge >= 0.3 is 0 Å². The lowest BCUT2D eigenvalue weighted by Crippen LogP contribution is -2.28. The predicted molar refractivity (Wildman–Crippen MR) is 82.2 cm³/mol. The second-order valence-electron chi connectivity index (χ2n) is 6.00. The molecule has 1 aromatic carbocycles. The molecule has 2 aliphatic heterocycles. The van der Waals surface area contributed by atoms with Gasteiger partial charge in [-0.1, -0.05) is 11.3 Å². The Bertz CT molecular complexity index is 701. The van der Waals surface area contributed by atoms with Gasteiger partial charge in [0.15, 0.2) is 11.5 Å². The summed E-state index contributed by atoms with van der Waals surface area (Å²) < 4.78 is 18.5. The normalized spacial score (nSPS) is 19.4. The quantitative estimate of drug-likeness (QED) is 0.915. The lowest BCUT2D eigenvalue weighted by atomic mass is 10.1. The SMILES string of the molecule is Cc1nnn2c1COCC(CNCc1ccc3c(c1)OCO3)C2. The molecule has 0 bridgehead atoms. The van der Waals surface area contributed by atoms with Crippen LogP contribution in [0.3, 0.4) is 0 Å². The van der Waals surface area contributed by atoms with Crippen molar-refractivity contribution in [3.63, 3.8) is 0 Å². The number of nitrogens with zero attached hydrogens (tertiary/aromatic N) is 3. The predicted octanol–water partition coefficient (Wildman–Crippen LogP) is 1.25. The first-order valence-electron chi connectivity index (χ1n) is 7.85. The first-order chi connectivity index (χ1) is 11.3. The largest absolute Gasteiger partial charge is 0.454 e. The highest BCUT2D eigenvalue weighted by molar-refractivity contribution is 5.44. The van der Waals surface area contributed by atoms with E-state index in [9.17, 15) is 0 Å². The number of nitrogens with one attached hydrogen (secondary N) is 1. The van der Waals surface area contributed by atoms with E-state index in [2.05, 4.69) is 21.7 Å². The second kappa shape index (κ2) is 6.17. The highest BCUT2D eigenvalue weighted by Gasteiger charge is 2.20.